The lowest BCUT2D eigenvalue weighted by Crippen LogP contribution is -2.23. The summed E-state index contributed by atoms with van der Waals surface area (Å²) in [6.45, 7) is 6.96. The van der Waals surface area contributed by atoms with Crippen LogP contribution < -0.4 is 16.4 Å². The summed E-state index contributed by atoms with van der Waals surface area (Å²) in [7, 11) is 1.86. The third kappa shape index (κ3) is 4.10. The summed E-state index contributed by atoms with van der Waals surface area (Å²) in [6, 6.07) is 0. The lowest BCUT2D eigenvalue weighted by molar-refractivity contribution is 0.0533. The molecule has 0 radical (unpaired) electrons. The largest absolute Gasteiger partial charge is 0.462 e. The fraction of sp³-hybridized carbons (Fsp3) is 0.571. The molecule has 0 unspecified atom stereocenters. The van der Waals surface area contributed by atoms with Gasteiger partial charge in [-0.2, -0.15) is 0 Å². The number of thiophene rings is 1. The van der Waals surface area contributed by atoms with E-state index < -0.39 is 11.9 Å². The summed E-state index contributed by atoms with van der Waals surface area (Å²) >= 11 is 1.15. The van der Waals surface area contributed by atoms with Crippen LogP contribution in [0.5, 0.6) is 0 Å². The first kappa shape index (κ1) is 17.3. The van der Waals surface area contributed by atoms with E-state index in [4.69, 9.17) is 16.2 Å². The number of esters is 1. The molecular formula is C14H23N3O3S. The van der Waals surface area contributed by atoms with Crippen molar-refractivity contribution in [2.45, 2.75) is 27.2 Å². The number of hydrogen-bond acceptors (Lipinski definition) is 6. The highest BCUT2D eigenvalue weighted by molar-refractivity contribution is 7.19. The van der Waals surface area contributed by atoms with Crippen molar-refractivity contribution < 1.29 is 14.3 Å². The van der Waals surface area contributed by atoms with E-state index in [1.807, 2.05) is 11.9 Å². The molecule has 0 saturated heterocycles. The predicted octanol–water partition coefficient (Wildman–Crippen LogP) is 2.09. The normalized spacial score (nSPS) is 10.7. The molecule has 1 heterocycles. The third-order valence-electron chi connectivity index (χ3n) is 3.02. The highest BCUT2D eigenvalue weighted by atomic mass is 32.1. The summed E-state index contributed by atoms with van der Waals surface area (Å²) < 4.78 is 4.96. The van der Waals surface area contributed by atoms with E-state index in [2.05, 4.69) is 13.8 Å². The molecule has 0 bridgehead atoms. The summed E-state index contributed by atoms with van der Waals surface area (Å²) in [5.74, 6) is -0.622. The molecule has 0 atom stereocenters. The van der Waals surface area contributed by atoms with Gasteiger partial charge >= 0.3 is 5.97 Å². The van der Waals surface area contributed by atoms with Crippen LogP contribution in [0.1, 0.15) is 47.2 Å². The first-order valence-electron chi connectivity index (χ1n) is 6.89. The molecule has 0 fully saturated rings. The van der Waals surface area contributed by atoms with Crippen LogP contribution in [0.3, 0.4) is 0 Å². The van der Waals surface area contributed by atoms with Gasteiger partial charge in [-0.1, -0.05) is 13.8 Å². The van der Waals surface area contributed by atoms with E-state index in [1.165, 1.54) is 0 Å². The van der Waals surface area contributed by atoms with Crippen molar-refractivity contribution in [2.75, 3.05) is 30.8 Å². The Morgan fingerprint density at radius 3 is 2.48 bits per heavy atom. The molecule has 0 aromatic carbocycles. The molecule has 0 aliphatic heterocycles. The van der Waals surface area contributed by atoms with E-state index >= 15 is 0 Å². The molecule has 0 aliphatic rings. The topological polar surface area (TPSA) is 98.6 Å². The van der Waals surface area contributed by atoms with Crippen molar-refractivity contribution in [2.24, 2.45) is 11.7 Å². The Hall–Kier alpha value is -1.76. The van der Waals surface area contributed by atoms with Gasteiger partial charge in [0.25, 0.3) is 5.91 Å². The average molecular weight is 313 g/mol. The number of nitrogens with zero attached hydrogens (tertiary/aromatic N) is 1. The predicted molar refractivity (Wildman–Crippen MR) is 85.9 cm³/mol. The zero-order valence-corrected chi connectivity index (χ0v) is 13.8. The highest BCUT2D eigenvalue weighted by Crippen LogP contribution is 2.38. The van der Waals surface area contributed by atoms with Gasteiger partial charge in [0, 0.05) is 13.6 Å². The third-order valence-corrected chi connectivity index (χ3v) is 4.32. The maximum atomic E-state index is 11.9. The van der Waals surface area contributed by atoms with Gasteiger partial charge in [-0.3, -0.25) is 4.79 Å². The maximum Gasteiger partial charge on any atom is 0.350 e. The van der Waals surface area contributed by atoms with E-state index in [-0.39, 0.29) is 22.7 Å². The van der Waals surface area contributed by atoms with Gasteiger partial charge in [-0.15, -0.1) is 11.3 Å². The number of rotatable bonds is 7. The number of nitrogens with two attached hydrogens (primary N) is 2. The smallest absolute Gasteiger partial charge is 0.350 e. The average Bonchev–Trinajstić information content (AvgIpc) is 2.74. The number of primary amides is 1. The van der Waals surface area contributed by atoms with E-state index in [0.29, 0.717) is 10.9 Å². The molecule has 4 N–H and O–H groups in total. The Morgan fingerprint density at radius 1 is 1.38 bits per heavy atom. The van der Waals surface area contributed by atoms with Crippen LogP contribution in [-0.4, -0.2) is 32.1 Å². The first-order chi connectivity index (χ1) is 9.79. The zero-order chi connectivity index (χ0) is 16.2. The molecule has 118 valence electrons. The van der Waals surface area contributed by atoms with Crippen molar-refractivity contribution in [3.63, 3.8) is 0 Å². The van der Waals surface area contributed by atoms with Gasteiger partial charge in [-0.05, 0) is 19.3 Å². The zero-order valence-electron chi connectivity index (χ0n) is 12.9. The molecule has 6 nitrogen and oxygen atoms in total. The fourth-order valence-corrected chi connectivity index (χ4v) is 2.95. The van der Waals surface area contributed by atoms with Crippen LogP contribution in [0.2, 0.25) is 0 Å². The van der Waals surface area contributed by atoms with Crippen LogP contribution in [0.15, 0.2) is 0 Å². The highest BCUT2D eigenvalue weighted by Gasteiger charge is 2.26. The summed E-state index contributed by atoms with van der Waals surface area (Å²) in [4.78, 5) is 25.7. The molecular weight excluding hydrogens is 290 g/mol. The van der Waals surface area contributed by atoms with Crippen molar-refractivity contribution >= 4 is 33.9 Å². The number of amides is 1. The van der Waals surface area contributed by atoms with Crippen molar-refractivity contribution in [3.05, 3.63) is 10.4 Å². The monoisotopic (exact) mass is 313 g/mol. The summed E-state index contributed by atoms with van der Waals surface area (Å²) in [5, 5.41) is 0.615. The van der Waals surface area contributed by atoms with E-state index in [9.17, 15) is 9.59 Å². The number of anilines is 2. The second-order valence-corrected chi connectivity index (χ2v) is 6.21. The van der Waals surface area contributed by atoms with Crippen molar-refractivity contribution in [3.8, 4) is 0 Å². The summed E-state index contributed by atoms with van der Waals surface area (Å²) in [5.41, 5.74) is 11.6. The van der Waals surface area contributed by atoms with Crippen LogP contribution in [0, 0.1) is 5.92 Å². The van der Waals surface area contributed by atoms with Gasteiger partial charge in [0.1, 0.15) is 9.88 Å². The van der Waals surface area contributed by atoms with Crippen LogP contribution in [0.4, 0.5) is 10.7 Å². The Kier molecular flexibility index (Phi) is 6.02. The number of ether oxygens (including phenoxy) is 1. The molecule has 1 rings (SSSR count). The minimum absolute atomic E-state index is 0.109. The quantitative estimate of drug-likeness (QED) is 0.751. The van der Waals surface area contributed by atoms with E-state index in [1.54, 1.807) is 6.92 Å². The molecule has 7 heteroatoms. The van der Waals surface area contributed by atoms with Gasteiger partial charge in [0.05, 0.1) is 17.9 Å². The minimum Gasteiger partial charge on any atom is -0.462 e. The van der Waals surface area contributed by atoms with Crippen LogP contribution in [-0.2, 0) is 4.74 Å². The molecule has 0 aliphatic carbocycles. The Balaban J connectivity index is 3.15. The van der Waals surface area contributed by atoms with Gasteiger partial charge < -0.3 is 21.1 Å². The Bertz CT molecular complexity index is 526. The van der Waals surface area contributed by atoms with Crippen LogP contribution in [0.25, 0.3) is 0 Å². The number of nitrogen functional groups attached to an aromatic ring is 1. The second kappa shape index (κ2) is 7.31. The lowest BCUT2D eigenvalue weighted by atomic mass is 10.1. The number of hydrogen-bond donors (Lipinski definition) is 2. The molecule has 0 spiro atoms. The molecule has 0 saturated carbocycles. The Morgan fingerprint density at radius 2 is 2.00 bits per heavy atom. The first-order valence-corrected chi connectivity index (χ1v) is 7.71. The minimum atomic E-state index is -0.634. The molecule has 21 heavy (non-hydrogen) atoms. The standard InChI is InChI=1S/C14H23N3O3S/c1-5-20-14(19)11-10(15)9(12(16)18)13(21-11)17(4)7-6-8(2)3/h8H,5-7,15H2,1-4H3,(H2,16,18). The van der Waals surface area contributed by atoms with Crippen LogP contribution >= 0.6 is 11.3 Å². The van der Waals surface area contributed by atoms with Crippen molar-refractivity contribution in [1.82, 2.24) is 0 Å². The maximum absolute atomic E-state index is 11.9. The van der Waals surface area contributed by atoms with Gasteiger partial charge in [-0.25, -0.2) is 4.79 Å². The molecule has 1 amide bonds. The van der Waals surface area contributed by atoms with Gasteiger partial charge in [0.2, 0.25) is 0 Å². The second-order valence-electron chi connectivity index (χ2n) is 5.21. The number of carbonyl (C=O) groups excluding carboxylic acids is 2. The Labute approximate surface area is 129 Å². The SMILES string of the molecule is CCOC(=O)c1sc(N(C)CCC(C)C)c(C(N)=O)c1N. The summed E-state index contributed by atoms with van der Waals surface area (Å²) in [6.07, 6.45) is 0.960. The van der Waals surface area contributed by atoms with Crippen molar-refractivity contribution in [1.29, 1.82) is 0 Å². The molecule has 1 aromatic heterocycles. The molecule has 1 aromatic rings. The van der Waals surface area contributed by atoms with Gasteiger partial charge in [0.15, 0.2) is 0 Å². The number of carbonyl (C=O) groups is 2. The van der Waals surface area contributed by atoms with E-state index in [0.717, 1.165) is 24.3 Å². The fourth-order valence-electron chi connectivity index (χ4n) is 1.84. The lowest BCUT2D eigenvalue weighted by Gasteiger charge is -2.19.